The lowest BCUT2D eigenvalue weighted by Gasteiger charge is -2.54. The van der Waals surface area contributed by atoms with E-state index in [9.17, 15) is 5.11 Å². The van der Waals surface area contributed by atoms with E-state index in [1.807, 2.05) is 74.5 Å². The summed E-state index contributed by atoms with van der Waals surface area (Å²) in [6, 6.07) is 19.7. The van der Waals surface area contributed by atoms with Crippen LogP contribution < -0.4 is 5.48 Å². The number of ether oxygens (including phenoxy) is 4. The summed E-state index contributed by atoms with van der Waals surface area (Å²) < 4.78 is 25.6. The van der Waals surface area contributed by atoms with Gasteiger partial charge in [-0.1, -0.05) is 66.6 Å². The molecule has 5 rings (SSSR count). The molecule has 34 heavy (non-hydrogen) atoms. The molecule has 0 amide bonds. The predicted octanol–water partition coefficient (Wildman–Crippen LogP) is 2.58. The van der Waals surface area contributed by atoms with Gasteiger partial charge in [-0.3, -0.25) is 4.84 Å². The maximum atomic E-state index is 11.7. The second-order valence-electron chi connectivity index (χ2n) is 9.66. The number of rotatable bonds is 6. The summed E-state index contributed by atoms with van der Waals surface area (Å²) in [6.07, 6.45) is 3.49. The molecule has 2 saturated heterocycles. The van der Waals surface area contributed by atoms with Crippen molar-refractivity contribution in [1.29, 1.82) is 0 Å². The molecule has 3 fully saturated rings. The largest absolute Gasteiger partial charge is 0.387 e. The maximum Gasteiger partial charge on any atom is 0.164 e. The summed E-state index contributed by atoms with van der Waals surface area (Å²) in [5, 5.41) is 11.7. The van der Waals surface area contributed by atoms with Crippen LogP contribution in [-0.4, -0.2) is 53.6 Å². The molecule has 2 aromatic rings. The Hall–Kier alpha value is -2.28. The lowest BCUT2D eigenvalue weighted by Crippen LogP contribution is -2.76. The van der Waals surface area contributed by atoms with Crippen LogP contribution in [0.25, 0.3) is 0 Å². The van der Waals surface area contributed by atoms with E-state index in [0.717, 1.165) is 11.1 Å². The average molecular weight is 466 g/mol. The molecule has 2 aliphatic heterocycles. The van der Waals surface area contributed by atoms with Gasteiger partial charge in [0.05, 0.1) is 26.4 Å². The monoisotopic (exact) mass is 465 g/mol. The molecule has 2 heterocycles. The van der Waals surface area contributed by atoms with E-state index in [2.05, 4.69) is 11.4 Å². The first-order chi connectivity index (χ1) is 16.4. The number of hydrogen-bond acceptors (Lipinski definition) is 7. The Morgan fingerprint density at radius 2 is 1.59 bits per heavy atom. The van der Waals surface area contributed by atoms with E-state index in [1.54, 1.807) is 0 Å². The molecule has 1 saturated carbocycles. The molecule has 0 aromatic heterocycles. The molecule has 1 aliphatic carbocycles. The first-order valence-electron chi connectivity index (χ1n) is 11.6. The van der Waals surface area contributed by atoms with E-state index < -0.39 is 35.2 Å². The minimum absolute atomic E-state index is 0.188. The molecule has 3 aliphatic rings. The molecule has 7 heteroatoms. The van der Waals surface area contributed by atoms with E-state index in [-0.39, 0.29) is 25.7 Å². The van der Waals surface area contributed by atoms with Crippen LogP contribution in [0, 0.1) is 18.3 Å². The zero-order valence-corrected chi connectivity index (χ0v) is 19.5. The summed E-state index contributed by atoms with van der Waals surface area (Å²) in [5.74, 6) is 1.50. The van der Waals surface area contributed by atoms with Crippen molar-refractivity contribution in [1.82, 2.24) is 5.48 Å². The predicted molar refractivity (Wildman–Crippen MR) is 124 cm³/mol. The van der Waals surface area contributed by atoms with Crippen LogP contribution >= 0.6 is 0 Å². The van der Waals surface area contributed by atoms with Gasteiger partial charge in [0.15, 0.2) is 5.79 Å². The number of hydroxylamine groups is 1. The minimum Gasteiger partial charge on any atom is -0.387 e. The van der Waals surface area contributed by atoms with Gasteiger partial charge in [0, 0.05) is 5.92 Å². The number of aliphatic hydroxyl groups excluding tert-OH is 1. The second kappa shape index (κ2) is 9.06. The van der Waals surface area contributed by atoms with Crippen LogP contribution in [0.4, 0.5) is 0 Å². The third-order valence-electron chi connectivity index (χ3n) is 7.04. The molecule has 2 aromatic carbocycles. The summed E-state index contributed by atoms with van der Waals surface area (Å²) >= 11 is 0. The Morgan fingerprint density at radius 1 is 1.00 bits per heavy atom. The number of nitrogens with one attached hydrogen (secondary N) is 1. The molecular formula is C27H31NO6. The van der Waals surface area contributed by atoms with Crippen molar-refractivity contribution in [2.24, 2.45) is 5.92 Å². The van der Waals surface area contributed by atoms with Gasteiger partial charge in [-0.15, -0.1) is 6.42 Å². The Bertz CT molecular complexity index is 1020. The van der Waals surface area contributed by atoms with Crippen molar-refractivity contribution in [3.05, 3.63) is 71.8 Å². The topological polar surface area (TPSA) is 78.4 Å². The smallest absolute Gasteiger partial charge is 0.164 e. The number of fused-ring (bicyclic) bond motifs is 1. The van der Waals surface area contributed by atoms with Crippen molar-refractivity contribution < 1.29 is 28.9 Å². The quantitative estimate of drug-likeness (QED) is 0.635. The average Bonchev–Trinajstić information content (AvgIpc) is 3.42. The third kappa shape index (κ3) is 3.96. The Morgan fingerprint density at radius 3 is 2.12 bits per heavy atom. The van der Waals surface area contributed by atoms with E-state index in [1.165, 1.54) is 0 Å². The highest BCUT2D eigenvalue weighted by Crippen LogP contribution is 2.51. The molecule has 180 valence electrons. The van der Waals surface area contributed by atoms with Gasteiger partial charge in [-0.25, -0.2) is 0 Å². The van der Waals surface area contributed by atoms with Gasteiger partial charge >= 0.3 is 0 Å². The van der Waals surface area contributed by atoms with Gasteiger partial charge in [0.2, 0.25) is 0 Å². The summed E-state index contributed by atoms with van der Waals surface area (Å²) in [5.41, 5.74) is 2.62. The molecular weight excluding hydrogens is 434 g/mol. The second-order valence-corrected chi connectivity index (χ2v) is 9.66. The summed E-state index contributed by atoms with van der Waals surface area (Å²) in [4.78, 5) is 5.62. The Kier molecular flexibility index (Phi) is 6.25. The first-order valence-corrected chi connectivity index (χ1v) is 11.6. The van der Waals surface area contributed by atoms with Crippen LogP contribution in [0.2, 0.25) is 0 Å². The van der Waals surface area contributed by atoms with Gasteiger partial charge in [-0.05, 0) is 25.0 Å². The lowest BCUT2D eigenvalue weighted by atomic mass is 9.63. The number of hydrogen-bond donors (Lipinski definition) is 2. The van der Waals surface area contributed by atoms with E-state index in [4.69, 9.17) is 30.2 Å². The minimum atomic E-state index is -1.19. The van der Waals surface area contributed by atoms with Crippen molar-refractivity contribution in [3.63, 3.8) is 0 Å². The van der Waals surface area contributed by atoms with E-state index >= 15 is 0 Å². The van der Waals surface area contributed by atoms with Crippen molar-refractivity contribution in [2.75, 3.05) is 13.2 Å². The molecule has 0 radical (unpaired) electrons. The third-order valence-corrected chi connectivity index (χ3v) is 7.04. The van der Waals surface area contributed by atoms with Gasteiger partial charge in [-0.2, -0.15) is 5.48 Å². The van der Waals surface area contributed by atoms with Gasteiger partial charge in [0.1, 0.15) is 29.5 Å². The number of benzene rings is 2. The Balaban J connectivity index is 1.53. The van der Waals surface area contributed by atoms with Crippen LogP contribution in [0.15, 0.2) is 60.7 Å². The fraction of sp³-hybridized carbons (Fsp3) is 0.481. The number of terminal acetylenes is 1. The van der Waals surface area contributed by atoms with Gasteiger partial charge in [0.25, 0.3) is 0 Å². The highest BCUT2D eigenvalue weighted by Gasteiger charge is 2.72. The van der Waals surface area contributed by atoms with Crippen molar-refractivity contribution >= 4 is 0 Å². The SMILES string of the molecule is C#C[C@@]12NOC[C@@H]1[C@@H](OCc1ccccc1)[C@@]1(COC(C)(C)O1)[C@@H](OCc1ccccc1)[C@H]2O. The van der Waals surface area contributed by atoms with Crippen LogP contribution in [0.5, 0.6) is 0 Å². The summed E-state index contributed by atoms with van der Waals surface area (Å²) in [6.45, 7) is 4.76. The van der Waals surface area contributed by atoms with E-state index in [0.29, 0.717) is 6.61 Å². The van der Waals surface area contributed by atoms with Crippen LogP contribution in [0.1, 0.15) is 25.0 Å². The fourth-order valence-corrected chi connectivity index (χ4v) is 5.39. The highest BCUT2D eigenvalue weighted by molar-refractivity contribution is 5.31. The van der Waals surface area contributed by atoms with Crippen LogP contribution in [-0.2, 0) is 37.0 Å². The molecule has 2 N–H and O–H groups in total. The van der Waals surface area contributed by atoms with Crippen LogP contribution in [0.3, 0.4) is 0 Å². The highest BCUT2D eigenvalue weighted by atomic mass is 16.8. The number of aliphatic hydroxyl groups is 1. The zero-order valence-electron chi connectivity index (χ0n) is 19.5. The molecule has 7 nitrogen and oxygen atoms in total. The van der Waals surface area contributed by atoms with Gasteiger partial charge < -0.3 is 24.1 Å². The maximum absolute atomic E-state index is 11.7. The van der Waals surface area contributed by atoms with Crippen molar-refractivity contribution in [3.8, 4) is 12.3 Å². The molecule has 6 atom stereocenters. The molecule has 0 unspecified atom stereocenters. The van der Waals surface area contributed by atoms with Crippen molar-refractivity contribution in [2.45, 2.75) is 62.3 Å². The first kappa shape index (κ1) is 23.5. The lowest BCUT2D eigenvalue weighted by molar-refractivity contribution is -0.285. The Labute approximate surface area is 200 Å². The molecule has 0 bridgehead atoms. The molecule has 1 spiro atoms. The normalized spacial score (nSPS) is 36.3. The standard InChI is InChI=1S/C27H31NO6/c1-4-26-21(17-33-28-26)23(30-15-19-11-7-5-8-12-19)27(18-32-25(2,3)34-27)24(22(26)29)31-16-20-13-9-6-10-14-20/h1,5-14,21-24,28-29H,15-18H2,2-3H3/t21-,22-,23-,24+,26-,27+/m1/s1. The summed E-state index contributed by atoms with van der Waals surface area (Å²) in [7, 11) is 0. The fourth-order valence-electron chi connectivity index (χ4n) is 5.39. The zero-order chi connectivity index (χ0) is 23.8.